The van der Waals surface area contributed by atoms with Crippen LogP contribution in [0, 0.1) is 19.8 Å². The zero-order chi connectivity index (χ0) is 13.7. The molecule has 1 aliphatic rings. The van der Waals surface area contributed by atoms with Crippen LogP contribution in [0.1, 0.15) is 43.2 Å². The molecule has 0 aliphatic heterocycles. The maximum absolute atomic E-state index is 3.55. The Kier molecular flexibility index (Phi) is 5.77. The highest BCUT2D eigenvalue weighted by molar-refractivity contribution is 7.99. The van der Waals surface area contributed by atoms with Crippen LogP contribution in [-0.4, -0.2) is 18.8 Å². The predicted octanol–water partition coefficient (Wildman–Crippen LogP) is 4.56. The third-order valence-corrected chi connectivity index (χ3v) is 5.63. The second-order valence-electron chi connectivity index (χ2n) is 5.87. The van der Waals surface area contributed by atoms with Crippen molar-refractivity contribution in [3.63, 3.8) is 0 Å². The van der Waals surface area contributed by atoms with Crippen molar-refractivity contribution in [1.29, 1.82) is 0 Å². The highest BCUT2D eigenvalue weighted by Crippen LogP contribution is 2.30. The Morgan fingerprint density at radius 3 is 2.58 bits per heavy atom. The van der Waals surface area contributed by atoms with Gasteiger partial charge in [0.1, 0.15) is 0 Å². The van der Waals surface area contributed by atoms with Crippen molar-refractivity contribution in [1.82, 2.24) is 5.32 Å². The van der Waals surface area contributed by atoms with Crippen LogP contribution in [0.3, 0.4) is 0 Å². The van der Waals surface area contributed by atoms with E-state index < -0.39 is 0 Å². The van der Waals surface area contributed by atoms with Gasteiger partial charge in [0.05, 0.1) is 0 Å². The summed E-state index contributed by atoms with van der Waals surface area (Å²) in [6, 6.07) is 7.47. The van der Waals surface area contributed by atoms with E-state index in [1.807, 2.05) is 11.8 Å². The van der Waals surface area contributed by atoms with E-state index in [9.17, 15) is 0 Å². The Morgan fingerprint density at radius 1 is 1.21 bits per heavy atom. The first-order chi connectivity index (χ1) is 9.20. The molecule has 106 valence electrons. The first-order valence-corrected chi connectivity index (χ1v) is 8.56. The van der Waals surface area contributed by atoms with Crippen LogP contribution >= 0.6 is 11.8 Å². The topological polar surface area (TPSA) is 12.0 Å². The highest BCUT2D eigenvalue weighted by Gasteiger charge is 2.22. The highest BCUT2D eigenvalue weighted by atomic mass is 32.2. The average molecular weight is 277 g/mol. The number of thioether (sulfide) groups is 1. The van der Waals surface area contributed by atoms with Crippen LogP contribution in [0.4, 0.5) is 0 Å². The lowest BCUT2D eigenvalue weighted by Crippen LogP contribution is -2.36. The van der Waals surface area contributed by atoms with E-state index in [0.29, 0.717) is 6.04 Å². The molecule has 1 N–H and O–H groups in total. The monoisotopic (exact) mass is 277 g/mol. The Hall–Kier alpha value is -0.470. The van der Waals surface area contributed by atoms with Crippen LogP contribution < -0.4 is 5.32 Å². The lowest BCUT2D eigenvalue weighted by atomic mass is 9.84. The summed E-state index contributed by atoms with van der Waals surface area (Å²) in [5.74, 6) is 2.09. The molecule has 1 nitrogen and oxygen atoms in total. The normalized spacial score (nSPS) is 18.5. The molecule has 0 amide bonds. The summed E-state index contributed by atoms with van der Waals surface area (Å²) in [5, 5.41) is 3.55. The van der Waals surface area contributed by atoms with Crippen LogP contribution in [0.25, 0.3) is 0 Å². The predicted molar refractivity (Wildman–Crippen MR) is 86.1 cm³/mol. The Labute approximate surface area is 122 Å². The van der Waals surface area contributed by atoms with Gasteiger partial charge in [0.15, 0.2) is 0 Å². The standard InChI is InChI=1S/C17H27NS/c1-13-9-10-17(14(2)11-13)19-12-16(18-3)15-7-5-4-6-8-15/h9-11,15-16,18H,4-8,12H2,1-3H3. The summed E-state index contributed by atoms with van der Waals surface area (Å²) >= 11 is 2.02. The van der Waals surface area contributed by atoms with Crippen LogP contribution in [-0.2, 0) is 0 Å². The summed E-state index contributed by atoms with van der Waals surface area (Å²) in [6.07, 6.45) is 7.13. The first kappa shape index (κ1) is 14.9. The third kappa shape index (κ3) is 4.25. The maximum Gasteiger partial charge on any atom is 0.0186 e. The molecular weight excluding hydrogens is 250 g/mol. The van der Waals surface area contributed by atoms with Gasteiger partial charge in [0.2, 0.25) is 0 Å². The minimum absolute atomic E-state index is 0.672. The van der Waals surface area contributed by atoms with Crippen LogP contribution in [0.15, 0.2) is 23.1 Å². The number of hydrogen-bond donors (Lipinski definition) is 1. The van der Waals surface area contributed by atoms with Crippen molar-refractivity contribution in [2.24, 2.45) is 5.92 Å². The smallest absolute Gasteiger partial charge is 0.0186 e. The molecular formula is C17H27NS. The fraction of sp³-hybridized carbons (Fsp3) is 0.647. The molecule has 1 aromatic rings. The van der Waals surface area contributed by atoms with Gasteiger partial charge < -0.3 is 5.32 Å². The van der Waals surface area contributed by atoms with E-state index in [1.54, 1.807) is 0 Å². The molecule has 0 heterocycles. The second kappa shape index (κ2) is 7.35. The van der Waals surface area contributed by atoms with Crippen molar-refractivity contribution in [2.45, 2.75) is 56.9 Å². The maximum atomic E-state index is 3.55. The average Bonchev–Trinajstić information content (AvgIpc) is 2.43. The van der Waals surface area contributed by atoms with E-state index in [2.05, 4.69) is 44.4 Å². The number of benzene rings is 1. The largest absolute Gasteiger partial charge is 0.316 e. The van der Waals surface area contributed by atoms with Gasteiger partial charge in [-0.05, 0) is 51.3 Å². The zero-order valence-electron chi connectivity index (χ0n) is 12.5. The Morgan fingerprint density at radius 2 is 1.95 bits per heavy atom. The fourth-order valence-electron chi connectivity index (χ4n) is 3.13. The van der Waals surface area contributed by atoms with E-state index in [0.717, 1.165) is 5.92 Å². The molecule has 0 aromatic heterocycles. The van der Waals surface area contributed by atoms with E-state index in [-0.39, 0.29) is 0 Å². The molecule has 1 aromatic carbocycles. The van der Waals surface area contributed by atoms with Gasteiger partial charge in [0.25, 0.3) is 0 Å². The van der Waals surface area contributed by atoms with Gasteiger partial charge in [-0.2, -0.15) is 0 Å². The van der Waals surface area contributed by atoms with E-state index >= 15 is 0 Å². The molecule has 1 fully saturated rings. The number of hydrogen-bond acceptors (Lipinski definition) is 2. The lowest BCUT2D eigenvalue weighted by molar-refractivity contribution is 0.294. The number of rotatable bonds is 5. The van der Waals surface area contributed by atoms with Crippen molar-refractivity contribution >= 4 is 11.8 Å². The molecule has 2 heteroatoms. The molecule has 0 spiro atoms. The number of nitrogens with one attached hydrogen (secondary N) is 1. The van der Waals surface area contributed by atoms with Gasteiger partial charge in [-0.25, -0.2) is 0 Å². The SMILES string of the molecule is CNC(CSc1ccc(C)cc1C)C1CCCCC1. The van der Waals surface area contributed by atoms with Gasteiger partial charge in [-0.3, -0.25) is 0 Å². The fourth-order valence-corrected chi connectivity index (χ4v) is 4.38. The minimum Gasteiger partial charge on any atom is -0.316 e. The first-order valence-electron chi connectivity index (χ1n) is 7.58. The van der Waals surface area contributed by atoms with Gasteiger partial charge in [0, 0.05) is 16.7 Å². The Balaban J connectivity index is 1.91. The summed E-state index contributed by atoms with van der Waals surface area (Å²) in [4.78, 5) is 1.45. The second-order valence-corrected chi connectivity index (χ2v) is 6.94. The summed E-state index contributed by atoms with van der Waals surface area (Å²) in [5.41, 5.74) is 2.78. The molecule has 0 bridgehead atoms. The molecule has 2 rings (SSSR count). The molecule has 1 aliphatic carbocycles. The van der Waals surface area contributed by atoms with Gasteiger partial charge >= 0.3 is 0 Å². The quantitative estimate of drug-likeness (QED) is 0.792. The van der Waals surface area contributed by atoms with Crippen molar-refractivity contribution in [2.75, 3.05) is 12.8 Å². The minimum atomic E-state index is 0.672. The Bertz CT molecular complexity index is 396. The van der Waals surface area contributed by atoms with Crippen LogP contribution in [0.2, 0.25) is 0 Å². The van der Waals surface area contributed by atoms with Crippen molar-refractivity contribution in [3.05, 3.63) is 29.3 Å². The zero-order valence-corrected chi connectivity index (χ0v) is 13.4. The molecule has 0 radical (unpaired) electrons. The van der Waals surface area contributed by atoms with E-state index in [1.165, 1.54) is 53.9 Å². The van der Waals surface area contributed by atoms with Crippen LogP contribution in [0.5, 0.6) is 0 Å². The lowest BCUT2D eigenvalue weighted by Gasteiger charge is -2.30. The molecule has 0 saturated heterocycles. The van der Waals surface area contributed by atoms with Crippen molar-refractivity contribution < 1.29 is 0 Å². The molecule has 1 unspecified atom stereocenters. The molecule has 1 saturated carbocycles. The summed E-state index contributed by atoms with van der Waals surface area (Å²) < 4.78 is 0. The third-order valence-electron chi connectivity index (χ3n) is 4.34. The van der Waals surface area contributed by atoms with Gasteiger partial charge in [-0.1, -0.05) is 37.0 Å². The number of aryl methyl sites for hydroxylation is 2. The van der Waals surface area contributed by atoms with Gasteiger partial charge in [-0.15, -0.1) is 11.8 Å². The molecule has 19 heavy (non-hydrogen) atoms. The molecule has 1 atom stereocenters. The summed E-state index contributed by atoms with van der Waals surface area (Å²) in [7, 11) is 2.13. The summed E-state index contributed by atoms with van der Waals surface area (Å²) in [6.45, 7) is 4.39. The van der Waals surface area contributed by atoms with E-state index in [4.69, 9.17) is 0 Å². The van der Waals surface area contributed by atoms with Crippen molar-refractivity contribution in [3.8, 4) is 0 Å².